The molecule has 0 atom stereocenters. The van der Waals surface area contributed by atoms with Crippen molar-refractivity contribution in [1.82, 2.24) is 25.2 Å². The number of hydrogen-bond acceptors (Lipinski definition) is 4. The van der Waals surface area contributed by atoms with Crippen LogP contribution in [0.1, 0.15) is 38.8 Å². The second kappa shape index (κ2) is 6.65. The number of carbonyl (C=O) groups is 1. The average molecular weight is 265 g/mol. The van der Waals surface area contributed by atoms with Gasteiger partial charge in [-0.2, -0.15) is 0 Å². The Hall–Kier alpha value is -1.43. The van der Waals surface area contributed by atoms with E-state index in [-0.39, 0.29) is 5.91 Å². The van der Waals surface area contributed by atoms with Gasteiger partial charge in [-0.3, -0.25) is 4.79 Å². The van der Waals surface area contributed by atoms with Crippen molar-refractivity contribution >= 4 is 5.91 Å². The highest BCUT2D eigenvalue weighted by molar-refractivity contribution is 5.76. The van der Waals surface area contributed by atoms with Crippen LogP contribution in [-0.2, 0) is 17.9 Å². The molecule has 106 valence electrons. The normalized spacial score (nSPS) is 14.6. The molecular formula is C13H23N5O. The molecule has 0 aliphatic heterocycles. The summed E-state index contributed by atoms with van der Waals surface area (Å²) in [7, 11) is 0. The molecule has 6 nitrogen and oxygen atoms in total. The lowest BCUT2D eigenvalue weighted by Crippen LogP contribution is -2.35. The van der Waals surface area contributed by atoms with Crippen LogP contribution in [-0.4, -0.2) is 44.9 Å². The van der Waals surface area contributed by atoms with Gasteiger partial charge in [0.25, 0.3) is 0 Å². The Morgan fingerprint density at radius 1 is 1.53 bits per heavy atom. The van der Waals surface area contributed by atoms with Crippen LogP contribution in [0.5, 0.6) is 0 Å². The number of nitrogens with zero attached hydrogens (tertiary/aromatic N) is 4. The summed E-state index contributed by atoms with van der Waals surface area (Å²) in [4.78, 5) is 14.1. The summed E-state index contributed by atoms with van der Waals surface area (Å²) in [6, 6.07) is 0.465. The van der Waals surface area contributed by atoms with E-state index in [9.17, 15) is 4.79 Å². The maximum atomic E-state index is 12.1. The van der Waals surface area contributed by atoms with Crippen molar-refractivity contribution in [3.63, 3.8) is 0 Å². The van der Waals surface area contributed by atoms with Gasteiger partial charge in [0, 0.05) is 19.1 Å². The molecule has 0 bridgehead atoms. The third kappa shape index (κ3) is 4.02. The van der Waals surface area contributed by atoms with Gasteiger partial charge in [0.2, 0.25) is 5.91 Å². The van der Waals surface area contributed by atoms with Crippen LogP contribution in [0.2, 0.25) is 0 Å². The Morgan fingerprint density at radius 3 is 2.95 bits per heavy atom. The molecule has 0 unspecified atom stereocenters. The smallest absolute Gasteiger partial charge is 0.244 e. The first kappa shape index (κ1) is 14.0. The van der Waals surface area contributed by atoms with E-state index in [1.165, 1.54) is 0 Å². The zero-order chi connectivity index (χ0) is 13.7. The van der Waals surface area contributed by atoms with E-state index in [2.05, 4.69) is 22.6 Å². The predicted molar refractivity (Wildman–Crippen MR) is 72.4 cm³/mol. The first-order valence-electron chi connectivity index (χ1n) is 7.13. The minimum absolute atomic E-state index is 0.142. The Morgan fingerprint density at radius 2 is 2.32 bits per heavy atom. The van der Waals surface area contributed by atoms with Gasteiger partial charge in [-0.25, -0.2) is 4.68 Å². The third-order valence-corrected chi connectivity index (χ3v) is 3.26. The van der Waals surface area contributed by atoms with Crippen LogP contribution < -0.4 is 5.32 Å². The lowest BCUT2D eigenvalue weighted by Gasteiger charge is -2.19. The van der Waals surface area contributed by atoms with E-state index < -0.39 is 0 Å². The molecular weight excluding hydrogens is 242 g/mol. The molecule has 1 aromatic rings. The molecule has 1 fully saturated rings. The van der Waals surface area contributed by atoms with E-state index in [4.69, 9.17) is 0 Å². The van der Waals surface area contributed by atoms with Crippen LogP contribution in [0.15, 0.2) is 6.20 Å². The number of carbonyl (C=O) groups excluding carboxylic acids is 1. The fourth-order valence-electron chi connectivity index (χ4n) is 2.14. The van der Waals surface area contributed by atoms with Gasteiger partial charge < -0.3 is 10.2 Å². The van der Waals surface area contributed by atoms with E-state index in [1.54, 1.807) is 4.68 Å². The molecule has 1 saturated carbocycles. The summed E-state index contributed by atoms with van der Waals surface area (Å²) in [5.41, 5.74) is 0.885. The first-order valence-corrected chi connectivity index (χ1v) is 7.13. The second-order valence-electron chi connectivity index (χ2n) is 5.00. The number of likely N-dealkylation sites (N-methyl/N-ethyl adjacent to an activating group) is 1. The topological polar surface area (TPSA) is 63.1 Å². The first-order chi connectivity index (χ1) is 9.24. The van der Waals surface area contributed by atoms with Gasteiger partial charge in [-0.15, -0.1) is 5.10 Å². The van der Waals surface area contributed by atoms with Crippen molar-refractivity contribution in [1.29, 1.82) is 0 Å². The molecule has 1 heterocycles. The summed E-state index contributed by atoms with van der Waals surface area (Å²) < 4.78 is 1.64. The summed E-state index contributed by atoms with van der Waals surface area (Å²) in [6.45, 7) is 6.91. The van der Waals surface area contributed by atoms with Gasteiger partial charge in [0.05, 0.1) is 11.9 Å². The second-order valence-corrected chi connectivity index (χ2v) is 5.00. The lowest BCUT2D eigenvalue weighted by atomic mass is 10.4. The van der Waals surface area contributed by atoms with E-state index >= 15 is 0 Å². The van der Waals surface area contributed by atoms with Crippen molar-refractivity contribution in [2.24, 2.45) is 0 Å². The molecule has 0 saturated heterocycles. The SMILES string of the molecule is CCCNCc1cn(CC(=O)N(CC)C2CC2)nn1. The number of amides is 1. The lowest BCUT2D eigenvalue weighted by molar-refractivity contribution is -0.132. The van der Waals surface area contributed by atoms with Crippen LogP contribution in [0.4, 0.5) is 0 Å². The predicted octanol–water partition coefficient (Wildman–Crippen LogP) is 0.789. The molecule has 6 heteroatoms. The highest BCUT2D eigenvalue weighted by atomic mass is 16.2. The zero-order valence-electron chi connectivity index (χ0n) is 11.8. The standard InChI is InChI=1S/C13H23N5O/c1-3-7-14-8-11-9-17(16-15-11)10-13(19)18(4-2)12-5-6-12/h9,12,14H,3-8,10H2,1-2H3. The van der Waals surface area contributed by atoms with E-state index in [0.717, 1.165) is 38.0 Å². The highest BCUT2D eigenvalue weighted by Crippen LogP contribution is 2.26. The fourth-order valence-corrected chi connectivity index (χ4v) is 2.14. The minimum Gasteiger partial charge on any atom is -0.338 e. The van der Waals surface area contributed by atoms with Crippen LogP contribution >= 0.6 is 0 Å². The monoisotopic (exact) mass is 265 g/mol. The van der Waals surface area contributed by atoms with E-state index in [1.807, 2.05) is 18.0 Å². The quantitative estimate of drug-likeness (QED) is 0.706. The van der Waals surface area contributed by atoms with Crippen molar-refractivity contribution in [3.05, 3.63) is 11.9 Å². The molecule has 0 aromatic carbocycles. The van der Waals surface area contributed by atoms with Crippen LogP contribution in [0, 0.1) is 0 Å². The van der Waals surface area contributed by atoms with Gasteiger partial charge in [0.1, 0.15) is 6.54 Å². The van der Waals surface area contributed by atoms with Crippen molar-refractivity contribution in [3.8, 4) is 0 Å². The van der Waals surface area contributed by atoms with Crippen molar-refractivity contribution in [2.45, 2.75) is 52.2 Å². The Balaban J connectivity index is 1.83. The number of hydrogen-bond donors (Lipinski definition) is 1. The number of nitrogens with one attached hydrogen (secondary N) is 1. The molecule has 1 N–H and O–H groups in total. The Labute approximate surface area is 114 Å². The molecule has 2 rings (SSSR count). The third-order valence-electron chi connectivity index (χ3n) is 3.26. The van der Waals surface area contributed by atoms with Crippen molar-refractivity contribution in [2.75, 3.05) is 13.1 Å². The van der Waals surface area contributed by atoms with Gasteiger partial charge in [0.15, 0.2) is 0 Å². The van der Waals surface area contributed by atoms with Crippen molar-refractivity contribution < 1.29 is 4.79 Å². The van der Waals surface area contributed by atoms with Crippen LogP contribution in [0.25, 0.3) is 0 Å². The fraction of sp³-hybridized carbons (Fsp3) is 0.769. The maximum absolute atomic E-state index is 12.1. The minimum atomic E-state index is 0.142. The summed E-state index contributed by atoms with van der Waals surface area (Å²) in [6.07, 6.45) is 5.23. The average Bonchev–Trinajstić information content (AvgIpc) is 3.12. The zero-order valence-corrected chi connectivity index (χ0v) is 11.8. The maximum Gasteiger partial charge on any atom is 0.244 e. The molecule has 0 radical (unpaired) electrons. The van der Waals surface area contributed by atoms with Gasteiger partial charge in [-0.05, 0) is 32.7 Å². The molecule has 19 heavy (non-hydrogen) atoms. The Kier molecular flexibility index (Phi) is 4.90. The summed E-state index contributed by atoms with van der Waals surface area (Å²) in [5, 5.41) is 11.3. The molecule has 1 aliphatic rings. The molecule has 1 amide bonds. The summed E-state index contributed by atoms with van der Waals surface area (Å²) in [5.74, 6) is 0.142. The van der Waals surface area contributed by atoms with E-state index in [0.29, 0.717) is 19.1 Å². The number of aromatic nitrogens is 3. The highest BCUT2D eigenvalue weighted by Gasteiger charge is 2.31. The summed E-state index contributed by atoms with van der Waals surface area (Å²) >= 11 is 0. The number of rotatable bonds is 8. The molecule has 1 aromatic heterocycles. The molecule has 0 spiro atoms. The van der Waals surface area contributed by atoms with Crippen LogP contribution in [0.3, 0.4) is 0 Å². The van der Waals surface area contributed by atoms with Gasteiger partial charge in [-0.1, -0.05) is 12.1 Å². The Bertz CT molecular complexity index is 413. The molecule has 1 aliphatic carbocycles. The largest absolute Gasteiger partial charge is 0.338 e. The van der Waals surface area contributed by atoms with Gasteiger partial charge >= 0.3 is 0 Å².